The van der Waals surface area contributed by atoms with Crippen LogP contribution in [0, 0.1) is 5.92 Å². The molecule has 0 spiro atoms. The first kappa shape index (κ1) is 12.2. The third-order valence-electron chi connectivity index (χ3n) is 1.86. The quantitative estimate of drug-likeness (QED) is 0.645. The Labute approximate surface area is 98.2 Å². The van der Waals surface area contributed by atoms with E-state index < -0.39 is 0 Å². The van der Waals surface area contributed by atoms with E-state index in [-0.39, 0.29) is 0 Å². The summed E-state index contributed by atoms with van der Waals surface area (Å²) in [7, 11) is 1.99. The van der Waals surface area contributed by atoms with Crippen LogP contribution >= 0.6 is 15.9 Å². The predicted molar refractivity (Wildman–Crippen MR) is 65.7 cm³/mol. The van der Waals surface area contributed by atoms with E-state index in [1.54, 1.807) is 6.20 Å². The highest BCUT2D eigenvalue weighted by atomic mass is 79.9. The van der Waals surface area contributed by atoms with E-state index in [4.69, 9.17) is 5.84 Å². The summed E-state index contributed by atoms with van der Waals surface area (Å²) in [5.41, 5.74) is 2.43. The molecule has 5 nitrogen and oxygen atoms in total. The topological polar surface area (TPSA) is 67.1 Å². The van der Waals surface area contributed by atoms with Crippen LogP contribution in [0.5, 0.6) is 0 Å². The van der Waals surface area contributed by atoms with Gasteiger partial charge in [0.25, 0.3) is 0 Å². The zero-order valence-electron chi connectivity index (χ0n) is 9.16. The number of nitrogen functional groups attached to an aromatic ring is 1. The van der Waals surface area contributed by atoms with Crippen LogP contribution in [-0.2, 0) is 0 Å². The first-order valence-corrected chi connectivity index (χ1v) is 5.54. The Balaban J connectivity index is 2.91. The highest BCUT2D eigenvalue weighted by molar-refractivity contribution is 9.10. The Kier molecular flexibility index (Phi) is 4.28. The minimum absolute atomic E-state index is 0.420. The Bertz CT molecular complexity index is 328. The molecular weight excluding hydrogens is 258 g/mol. The Hall–Kier alpha value is -0.880. The maximum Gasteiger partial charge on any atom is 0.239 e. The number of nitrogens with one attached hydrogen (secondary N) is 1. The fourth-order valence-electron chi connectivity index (χ4n) is 1.33. The Morgan fingerprint density at radius 3 is 2.80 bits per heavy atom. The van der Waals surface area contributed by atoms with Gasteiger partial charge in [-0.3, -0.25) is 5.43 Å². The van der Waals surface area contributed by atoms with Crippen molar-refractivity contribution in [2.75, 3.05) is 23.9 Å². The van der Waals surface area contributed by atoms with Crippen LogP contribution in [0.2, 0.25) is 0 Å². The van der Waals surface area contributed by atoms with E-state index in [0.29, 0.717) is 11.9 Å². The van der Waals surface area contributed by atoms with Crippen molar-refractivity contribution in [3.8, 4) is 0 Å². The maximum absolute atomic E-state index is 5.26. The summed E-state index contributed by atoms with van der Waals surface area (Å²) in [5, 5.41) is 0. The molecule has 0 unspecified atom stereocenters. The average molecular weight is 274 g/mol. The van der Waals surface area contributed by atoms with Crippen LogP contribution in [0.25, 0.3) is 0 Å². The van der Waals surface area contributed by atoms with E-state index >= 15 is 0 Å². The molecule has 15 heavy (non-hydrogen) atoms. The van der Waals surface area contributed by atoms with E-state index in [2.05, 4.69) is 50.1 Å². The molecule has 0 aliphatic rings. The van der Waals surface area contributed by atoms with Crippen molar-refractivity contribution >= 4 is 27.7 Å². The standard InChI is InChI=1S/C9H16BrN5/c1-6(2)5-15(3)8-7(10)4-12-9(13-8)14-11/h4,6H,5,11H2,1-3H3,(H,12,13,14). The van der Waals surface area contributed by atoms with Gasteiger partial charge in [-0.1, -0.05) is 13.8 Å². The molecule has 1 rings (SSSR count). The summed E-state index contributed by atoms with van der Waals surface area (Å²) in [4.78, 5) is 10.3. The normalized spacial score (nSPS) is 10.5. The van der Waals surface area contributed by atoms with Crippen molar-refractivity contribution in [1.29, 1.82) is 0 Å². The van der Waals surface area contributed by atoms with Crippen LogP contribution in [0.15, 0.2) is 10.7 Å². The maximum atomic E-state index is 5.26. The van der Waals surface area contributed by atoms with Gasteiger partial charge < -0.3 is 4.90 Å². The highest BCUT2D eigenvalue weighted by Gasteiger charge is 2.10. The molecule has 0 amide bonds. The number of hydrazine groups is 1. The zero-order valence-corrected chi connectivity index (χ0v) is 10.7. The van der Waals surface area contributed by atoms with Gasteiger partial charge in [0.05, 0.1) is 4.47 Å². The second-order valence-corrected chi connectivity index (χ2v) is 4.64. The van der Waals surface area contributed by atoms with E-state index in [9.17, 15) is 0 Å². The lowest BCUT2D eigenvalue weighted by Crippen LogP contribution is -2.24. The van der Waals surface area contributed by atoms with Gasteiger partial charge in [0.2, 0.25) is 5.95 Å². The van der Waals surface area contributed by atoms with E-state index in [1.165, 1.54) is 0 Å². The Morgan fingerprint density at radius 2 is 2.27 bits per heavy atom. The second kappa shape index (κ2) is 5.27. The van der Waals surface area contributed by atoms with Crippen molar-refractivity contribution in [2.24, 2.45) is 11.8 Å². The molecule has 0 bridgehead atoms. The molecule has 84 valence electrons. The van der Waals surface area contributed by atoms with Gasteiger partial charge in [0.1, 0.15) is 5.82 Å². The van der Waals surface area contributed by atoms with Gasteiger partial charge in [0.15, 0.2) is 0 Å². The molecule has 0 aliphatic heterocycles. The molecule has 1 aromatic heterocycles. The lowest BCUT2D eigenvalue weighted by atomic mass is 10.2. The third-order valence-corrected chi connectivity index (χ3v) is 2.41. The van der Waals surface area contributed by atoms with Gasteiger partial charge in [-0.25, -0.2) is 10.8 Å². The first-order valence-electron chi connectivity index (χ1n) is 4.75. The minimum atomic E-state index is 0.420. The van der Waals surface area contributed by atoms with Crippen molar-refractivity contribution in [1.82, 2.24) is 9.97 Å². The molecule has 1 heterocycles. The van der Waals surface area contributed by atoms with Gasteiger partial charge in [-0.15, -0.1) is 0 Å². The molecule has 0 fully saturated rings. The molecule has 0 atom stereocenters. The van der Waals surface area contributed by atoms with Crippen LogP contribution < -0.4 is 16.2 Å². The highest BCUT2D eigenvalue weighted by Crippen LogP contribution is 2.23. The third kappa shape index (κ3) is 3.32. The number of halogens is 1. The summed E-state index contributed by atoms with van der Waals surface area (Å²) in [6.07, 6.45) is 1.69. The molecule has 0 aliphatic carbocycles. The van der Waals surface area contributed by atoms with Crippen molar-refractivity contribution in [3.63, 3.8) is 0 Å². The number of aromatic nitrogens is 2. The summed E-state index contributed by atoms with van der Waals surface area (Å²) < 4.78 is 0.865. The fraction of sp³-hybridized carbons (Fsp3) is 0.556. The minimum Gasteiger partial charge on any atom is -0.358 e. The molecule has 0 radical (unpaired) electrons. The molecule has 3 N–H and O–H groups in total. The van der Waals surface area contributed by atoms with Crippen LogP contribution in [0.4, 0.5) is 11.8 Å². The lowest BCUT2D eigenvalue weighted by Gasteiger charge is -2.21. The van der Waals surface area contributed by atoms with Crippen molar-refractivity contribution < 1.29 is 0 Å². The van der Waals surface area contributed by atoms with Crippen LogP contribution in [0.3, 0.4) is 0 Å². The fourth-order valence-corrected chi connectivity index (χ4v) is 1.82. The molecule has 1 aromatic rings. The van der Waals surface area contributed by atoms with Gasteiger partial charge >= 0.3 is 0 Å². The largest absolute Gasteiger partial charge is 0.358 e. The molecule has 0 saturated heterocycles. The van der Waals surface area contributed by atoms with Crippen molar-refractivity contribution in [3.05, 3.63) is 10.7 Å². The lowest BCUT2D eigenvalue weighted by molar-refractivity contribution is 0.633. The Morgan fingerprint density at radius 1 is 1.60 bits per heavy atom. The van der Waals surface area contributed by atoms with Crippen LogP contribution in [-0.4, -0.2) is 23.6 Å². The number of nitrogens with zero attached hydrogens (tertiary/aromatic N) is 3. The van der Waals surface area contributed by atoms with Crippen molar-refractivity contribution in [2.45, 2.75) is 13.8 Å². The number of rotatable bonds is 4. The van der Waals surface area contributed by atoms with Gasteiger partial charge in [-0.2, -0.15) is 4.98 Å². The second-order valence-electron chi connectivity index (χ2n) is 3.78. The zero-order chi connectivity index (χ0) is 11.4. The molecule has 0 aromatic carbocycles. The van der Waals surface area contributed by atoms with E-state index in [0.717, 1.165) is 16.8 Å². The number of hydrogen-bond donors (Lipinski definition) is 2. The summed E-state index contributed by atoms with van der Waals surface area (Å²) in [6.45, 7) is 5.25. The SMILES string of the molecule is CC(C)CN(C)c1nc(NN)ncc1Br. The monoisotopic (exact) mass is 273 g/mol. The summed E-state index contributed by atoms with van der Waals surface area (Å²) in [5.74, 6) is 7.10. The van der Waals surface area contributed by atoms with Gasteiger partial charge in [0, 0.05) is 19.8 Å². The van der Waals surface area contributed by atoms with Crippen LogP contribution in [0.1, 0.15) is 13.8 Å². The number of nitrogens with two attached hydrogens (primary N) is 1. The van der Waals surface area contributed by atoms with Gasteiger partial charge in [-0.05, 0) is 21.8 Å². The molecule has 6 heteroatoms. The number of anilines is 2. The summed E-state index contributed by atoms with van der Waals surface area (Å²) >= 11 is 3.41. The first-order chi connectivity index (χ1) is 7.04. The number of hydrogen-bond acceptors (Lipinski definition) is 5. The molecular formula is C9H16BrN5. The average Bonchev–Trinajstić information content (AvgIpc) is 2.17. The predicted octanol–water partition coefficient (Wildman–Crippen LogP) is 1.62. The summed E-state index contributed by atoms with van der Waals surface area (Å²) in [6, 6.07) is 0. The van der Waals surface area contributed by atoms with E-state index in [1.807, 2.05) is 7.05 Å². The molecule has 0 saturated carbocycles. The smallest absolute Gasteiger partial charge is 0.239 e.